The van der Waals surface area contributed by atoms with Crippen molar-refractivity contribution in [3.63, 3.8) is 0 Å². The van der Waals surface area contributed by atoms with Gasteiger partial charge in [0.05, 0.1) is 18.4 Å². The Bertz CT molecular complexity index is 1180. The molecule has 3 aromatic rings. The lowest BCUT2D eigenvalue weighted by molar-refractivity contribution is -0.120. The quantitative estimate of drug-likeness (QED) is 0.396. The van der Waals surface area contributed by atoms with Gasteiger partial charge in [-0.25, -0.2) is 0 Å². The minimum Gasteiger partial charge on any atom is -0.496 e. The van der Waals surface area contributed by atoms with Crippen LogP contribution in [0.4, 0.5) is 5.69 Å². The van der Waals surface area contributed by atoms with Gasteiger partial charge in [-0.1, -0.05) is 56.3 Å². The molecule has 1 aromatic heterocycles. The molecule has 8 heteroatoms. The topological polar surface area (TPSA) is 77.4 Å². The number of nitrogens with zero attached hydrogens (tertiary/aromatic N) is 4. The number of carbonyl (C=O) groups is 1. The first-order chi connectivity index (χ1) is 16.4. The molecule has 2 aromatic carbocycles. The standard InChI is InChI=1S/C26H30N4O3S/c1-6-9-22(31)30-20-13-12-17(4)14-19(20)23-24(27-26(29-28-23)34-15-16(2)3)33-25(30)18-10-7-8-11-21(18)32-5/h7-8,10-14,16,25H,6,9,15H2,1-5H3/t25-/m0/s1. The van der Waals surface area contributed by atoms with E-state index in [4.69, 9.17) is 14.5 Å². The van der Waals surface area contributed by atoms with Crippen molar-refractivity contribution in [1.29, 1.82) is 0 Å². The molecule has 4 rings (SSSR count). The first kappa shape index (κ1) is 24.0. The number of aromatic nitrogens is 3. The molecule has 0 aliphatic carbocycles. The molecular formula is C26H30N4O3S. The number of hydrogen-bond acceptors (Lipinski definition) is 7. The highest BCUT2D eigenvalue weighted by Gasteiger charge is 2.37. The van der Waals surface area contributed by atoms with Gasteiger partial charge in [-0.2, -0.15) is 4.98 Å². The van der Waals surface area contributed by atoms with Crippen molar-refractivity contribution in [2.24, 2.45) is 5.92 Å². The number of aryl methyl sites for hydroxylation is 1. The number of carbonyl (C=O) groups excluding carboxylic acids is 1. The van der Waals surface area contributed by atoms with E-state index in [-0.39, 0.29) is 5.91 Å². The van der Waals surface area contributed by atoms with E-state index in [9.17, 15) is 4.79 Å². The van der Waals surface area contributed by atoms with Gasteiger partial charge in [0.15, 0.2) is 5.69 Å². The summed E-state index contributed by atoms with van der Waals surface area (Å²) in [4.78, 5) is 20.0. The van der Waals surface area contributed by atoms with E-state index in [0.29, 0.717) is 34.8 Å². The lowest BCUT2D eigenvalue weighted by Gasteiger charge is -2.31. The van der Waals surface area contributed by atoms with Gasteiger partial charge in [-0.15, -0.1) is 10.2 Å². The minimum absolute atomic E-state index is 0.0429. The summed E-state index contributed by atoms with van der Waals surface area (Å²) in [5.74, 6) is 2.30. The fourth-order valence-electron chi connectivity index (χ4n) is 3.86. The molecule has 2 heterocycles. The number of amides is 1. The van der Waals surface area contributed by atoms with Crippen LogP contribution in [0.5, 0.6) is 11.6 Å². The fourth-order valence-corrected chi connectivity index (χ4v) is 4.59. The maximum absolute atomic E-state index is 13.5. The van der Waals surface area contributed by atoms with Crippen LogP contribution >= 0.6 is 11.8 Å². The minimum atomic E-state index is -0.766. The Hall–Kier alpha value is -3.13. The van der Waals surface area contributed by atoms with E-state index in [1.165, 1.54) is 0 Å². The van der Waals surface area contributed by atoms with Crippen LogP contribution in [0, 0.1) is 12.8 Å². The van der Waals surface area contributed by atoms with Crippen molar-refractivity contribution in [2.75, 3.05) is 17.8 Å². The van der Waals surface area contributed by atoms with Crippen LogP contribution in [0.15, 0.2) is 47.6 Å². The SMILES string of the molecule is CCCC(=O)N1c2ccc(C)cc2-c2nnc(SCC(C)C)nc2O[C@H]1c1ccccc1OC. The number of thioether (sulfide) groups is 1. The summed E-state index contributed by atoms with van der Waals surface area (Å²) in [7, 11) is 1.61. The van der Waals surface area contributed by atoms with E-state index in [2.05, 4.69) is 24.0 Å². The Morgan fingerprint density at radius 3 is 2.74 bits per heavy atom. The lowest BCUT2D eigenvalue weighted by atomic mass is 10.0. The lowest BCUT2D eigenvalue weighted by Crippen LogP contribution is -2.37. The van der Waals surface area contributed by atoms with E-state index in [1.54, 1.807) is 23.8 Å². The molecule has 1 aliphatic rings. The number of ether oxygens (including phenoxy) is 2. The van der Waals surface area contributed by atoms with Gasteiger partial charge in [-0.3, -0.25) is 9.69 Å². The predicted molar refractivity (Wildman–Crippen MR) is 134 cm³/mol. The number of methoxy groups -OCH3 is 1. The first-order valence-electron chi connectivity index (χ1n) is 11.5. The average Bonchev–Trinajstić information content (AvgIpc) is 2.96. The third kappa shape index (κ3) is 4.87. The molecular weight excluding hydrogens is 448 g/mol. The molecule has 0 saturated heterocycles. The molecule has 0 radical (unpaired) electrons. The largest absolute Gasteiger partial charge is 0.496 e. The van der Waals surface area contributed by atoms with Crippen molar-refractivity contribution in [3.05, 3.63) is 53.6 Å². The summed E-state index contributed by atoms with van der Waals surface area (Å²) in [5, 5.41) is 9.44. The zero-order valence-corrected chi connectivity index (χ0v) is 21.1. The Kier molecular flexibility index (Phi) is 7.36. The number of para-hydroxylation sites is 1. The molecule has 0 spiro atoms. The van der Waals surface area contributed by atoms with Crippen LogP contribution in [-0.2, 0) is 4.79 Å². The highest BCUT2D eigenvalue weighted by Crippen LogP contribution is 2.45. The zero-order chi connectivity index (χ0) is 24.2. The number of anilines is 1. The maximum Gasteiger partial charge on any atom is 0.247 e. The Balaban J connectivity index is 1.93. The summed E-state index contributed by atoms with van der Waals surface area (Å²) < 4.78 is 12.2. The molecule has 0 bridgehead atoms. The van der Waals surface area contributed by atoms with Crippen LogP contribution in [-0.4, -0.2) is 34.0 Å². The average molecular weight is 479 g/mol. The van der Waals surface area contributed by atoms with Crippen LogP contribution < -0.4 is 14.4 Å². The molecule has 34 heavy (non-hydrogen) atoms. The molecule has 0 N–H and O–H groups in total. The van der Waals surface area contributed by atoms with Crippen LogP contribution in [0.1, 0.15) is 51.0 Å². The van der Waals surface area contributed by atoms with Crippen molar-refractivity contribution >= 4 is 23.4 Å². The predicted octanol–water partition coefficient (Wildman–Crippen LogP) is 5.83. The third-order valence-corrected chi connectivity index (χ3v) is 6.71. The van der Waals surface area contributed by atoms with Gasteiger partial charge in [0.1, 0.15) is 5.75 Å². The van der Waals surface area contributed by atoms with Gasteiger partial charge in [-0.05, 0) is 43.5 Å². The normalized spacial score (nSPS) is 14.8. The molecule has 178 valence electrons. The van der Waals surface area contributed by atoms with Gasteiger partial charge in [0.2, 0.25) is 23.2 Å². The van der Waals surface area contributed by atoms with Gasteiger partial charge in [0.25, 0.3) is 0 Å². The Morgan fingerprint density at radius 2 is 2.00 bits per heavy atom. The van der Waals surface area contributed by atoms with Crippen molar-refractivity contribution < 1.29 is 14.3 Å². The number of benzene rings is 2. The highest BCUT2D eigenvalue weighted by molar-refractivity contribution is 7.99. The second kappa shape index (κ2) is 10.4. The van der Waals surface area contributed by atoms with Gasteiger partial charge < -0.3 is 9.47 Å². The van der Waals surface area contributed by atoms with Crippen LogP contribution in [0.25, 0.3) is 11.3 Å². The summed E-state index contributed by atoms with van der Waals surface area (Å²) in [6.07, 6.45) is 0.334. The van der Waals surface area contributed by atoms with E-state index in [0.717, 1.165) is 34.6 Å². The number of rotatable bonds is 7. The summed E-state index contributed by atoms with van der Waals surface area (Å²) in [6, 6.07) is 13.5. The molecule has 0 saturated carbocycles. The van der Waals surface area contributed by atoms with Crippen LogP contribution in [0.3, 0.4) is 0 Å². The van der Waals surface area contributed by atoms with Crippen molar-refractivity contribution in [3.8, 4) is 22.9 Å². The molecule has 1 aliphatic heterocycles. The maximum atomic E-state index is 13.5. The smallest absolute Gasteiger partial charge is 0.247 e. The number of fused-ring (bicyclic) bond motifs is 3. The molecule has 0 unspecified atom stereocenters. The zero-order valence-electron chi connectivity index (χ0n) is 20.2. The van der Waals surface area contributed by atoms with Gasteiger partial charge >= 0.3 is 0 Å². The summed E-state index contributed by atoms with van der Waals surface area (Å²) in [5.41, 5.74) is 3.81. The second-order valence-electron chi connectivity index (χ2n) is 8.70. The van der Waals surface area contributed by atoms with Crippen LogP contribution in [0.2, 0.25) is 0 Å². The van der Waals surface area contributed by atoms with E-state index >= 15 is 0 Å². The molecule has 1 amide bonds. The van der Waals surface area contributed by atoms with E-state index < -0.39 is 6.23 Å². The fraction of sp³-hybridized carbons (Fsp3) is 0.385. The first-order valence-corrected chi connectivity index (χ1v) is 12.5. The Morgan fingerprint density at radius 1 is 1.21 bits per heavy atom. The van der Waals surface area contributed by atoms with Crippen molar-refractivity contribution in [2.45, 2.75) is 51.9 Å². The van der Waals surface area contributed by atoms with E-state index in [1.807, 2.05) is 56.3 Å². The highest BCUT2D eigenvalue weighted by atomic mass is 32.2. The molecule has 1 atom stereocenters. The number of hydrogen-bond donors (Lipinski definition) is 0. The molecule has 7 nitrogen and oxygen atoms in total. The summed E-state index contributed by atoms with van der Waals surface area (Å²) in [6.45, 7) is 8.29. The Labute approximate surface area is 204 Å². The summed E-state index contributed by atoms with van der Waals surface area (Å²) >= 11 is 1.54. The monoisotopic (exact) mass is 478 g/mol. The second-order valence-corrected chi connectivity index (χ2v) is 9.69. The third-order valence-electron chi connectivity index (χ3n) is 5.44. The molecule has 0 fully saturated rings. The van der Waals surface area contributed by atoms with Gasteiger partial charge in [0, 0.05) is 17.7 Å². The van der Waals surface area contributed by atoms with Crippen molar-refractivity contribution in [1.82, 2.24) is 15.2 Å².